The van der Waals surface area contributed by atoms with Crippen molar-refractivity contribution >= 4 is 11.7 Å². The lowest BCUT2D eigenvalue weighted by molar-refractivity contribution is -0.136. The van der Waals surface area contributed by atoms with Crippen LogP contribution in [0.2, 0.25) is 0 Å². The zero-order valence-corrected chi connectivity index (χ0v) is 14.3. The second-order valence-corrected chi connectivity index (χ2v) is 7.89. The number of carbonyl (C=O) groups is 2. The van der Waals surface area contributed by atoms with E-state index in [1.54, 1.807) is 0 Å². The quantitative estimate of drug-likeness (QED) is 0.799. The van der Waals surface area contributed by atoms with Crippen molar-refractivity contribution in [2.45, 2.75) is 46.5 Å². The van der Waals surface area contributed by atoms with Crippen molar-refractivity contribution < 1.29 is 9.59 Å². The van der Waals surface area contributed by atoms with Gasteiger partial charge in [0.15, 0.2) is 0 Å². The maximum Gasteiger partial charge on any atom is 0.225 e. The van der Waals surface area contributed by atoms with Gasteiger partial charge in [0, 0.05) is 36.3 Å². The molecule has 124 valence electrons. The lowest BCUT2D eigenvalue weighted by Crippen LogP contribution is -2.41. The Labute approximate surface area is 134 Å². The Hall–Kier alpha value is -0.900. The minimum atomic E-state index is 0.132. The van der Waals surface area contributed by atoms with Gasteiger partial charge in [-0.25, -0.2) is 0 Å². The fourth-order valence-electron chi connectivity index (χ4n) is 4.44. The van der Waals surface area contributed by atoms with Gasteiger partial charge in [0.25, 0.3) is 0 Å². The normalized spacial score (nSPS) is 32.9. The fourth-order valence-corrected chi connectivity index (χ4v) is 4.44. The Kier molecular flexibility index (Phi) is 4.32. The van der Waals surface area contributed by atoms with Crippen LogP contribution in [0.3, 0.4) is 0 Å². The summed E-state index contributed by atoms with van der Waals surface area (Å²) in [6, 6.07) is 0. The molecule has 1 aliphatic carbocycles. The standard InChI is InChI=1S/C18H30N2O2/c1-4-19-8-5-14(6-9-19)17(22)20-10-7-18(12-20)11-15(18)16(21)13(2)3/h13-15H,4-12H2,1-3H3. The number of hydrogen-bond donors (Lipinski definition) is 0. The number of likely N-dealkylation sites (tertiary alicyclic amines) is 2. The van der Waals surface area contributed by atoms with E-state index in [1.165, 1.54) is 0 Å². The van der Waals surface area contributed by atoms with Crippen LogP contribution >= 0.6 is 0 Å². The lowest BCUT2D eigenvalue weighted by Gasteiger charge is -2.32. The molecule has 0 N–H and O–H groups in total. The summed E-state index contributed by atoms with van der Waals surface area (Å²) in [5, 5.41) is 0. The maximum absolute atomic E-state index is 12.7. The zero-order valence-electron chi connectivity index (χ0n) is 14.3. The average molecular weight is 306 g/mol. The van der Waals surface area contributed by atoms with Gasteiger partial charge >= 0.3 is 0 Å². The zero-order chi connectivity index (χ0) is 15.9. The van der Waals surface area contributed by atoms with Crippen LogP contribution in [-0.4, -0.2) is 54.2 Å². The number of hydrogen-bond acceptors (Lipinski definition) is 3. The summed E-state index contributed by atoms with van der Waals surface area (Å²) < 4.78 is 0. The number of Topliss-reactive ketones (excluding diaryl/α,β-unsaturated/α-hetero) is 1. The summed E-state index contributed by atoms with van der Waals surface area (Å²) in [4.78, 5) is 29.4. The third-order valence-corrected chi connectivity index (χ3v) is 6.18. The highest BCUT2D eigenvalue weighted by Gasteiger charge is 2.61. The molecule has 0 aromatic rings. The average Bonchev–Trinajstić information content (AvgIpc) is 3.05. The SMILES string of the molecule is CCN1CCC(C(=O)N2CCC3(CC3C(=O)C(C)C)C2)CC1. The molecule has 2 heterocycles. The highest BCUT2D eigenvalue weighted by molar-refractivity contribution is 5.87. The summed E-state index contributed by atoms with van der Waals surface area (Å²) in [7, 11) is 0. The number of amides is 1. The molecular weight excluding hydrogens is 276 g/mol. The Morgan fingerprint density at radius 1 is 1.18 bits per heavy atom. The predicted molar refractivity (Wildman–Crippen MR) is 86.4 cm³/mol. The molecule has 4 heteroatoms. The van der Waals surface area contributed by atoms with Gasteiger partial charge in [0.2, 0.25) is 5.91 Å². The smallest absolute Gasteiger partial charge is 0.225 e. The van der Waals surface area contributed by atoms with Crippen molar-refractivity contribution in [2.24, 2.45) is 23.2 Å². The molecule has 2 aliphatic heterocycles. The van der Waals surface area contributed by atoms with Gasteiger partial charge in [0.05, 0.1) is 0 Å². The van der Waals surface area contributed by atoms with E-state index in [0.29, 0.717) is 11.7 Å². The fraction of sp³-hybridized carbons (Fsp3) is 0.889. The Morgan fingerprint density at radius 3 is 2.45 bits per heavy atom. The largest absolute Gasteiger partial charge is 0.342 e. The Balaban J connectivity index is 1.53. The van der Waals surface area contributed by atoms with E-state index in [2.05, 4.69) is 16.7 Å². The summed E-state index contributed by atoms with van der Waals surface area (Å²) in [5.41, 5.74) is 0.154. The molecule has 22 heavy (non-hydrogen) atoms. The Morgan fingerprint density at radius 2 is 1.86 bits per heavy atom. The second-order valence-electron chi connectivity index (χ2n) is 7.89. The number of rotatable bonds is 4. The van der Waals surface area contributed by atoms with Crippen molar-refractivity contribution in [2.75, 3.05) is 32.7 Å². The molecule has 0 aromatic carbocycles. The predicted octanol–water partition coefficient (Wildman–Crippen LogP) is 2.18. The van der Waals surface area contributed by atoms with E-state index in [0.717, 1.165) is 58.4 Å². The first kappa shape index (κ1) is 16.0. The topological polar surface area (TPSA) is 40.6 Å². The van der Waals surface area contributed by atoms with E-state index in [9.17, 15) is 9.59 Å². The van der Waals surface area contributed by atoms with Gasteiger partial charge in [-0.2, -0.15) is 0 Å². The van der Waals surface area contributed by atoms with Gasteiger partial charge in [-0.15, -0.1) is 0 Å². The number of nitrogens with zero attached hydrogens (tertiary/aromatic N) is 2. The molecule has 1 amide bonds. The first-order chi connectivity index (χ1) is 10.5. The van der Waals surface area contributed by atoms with Crippen molar-refractivity contribution in [1.29, 1.82) is 0 Å². The lowest BCUT2D eigenvalue weighted by atomic mass is 9.94. The molecule has 1 spiro atoms. The highest BCUT2D eigenvalue weighted by atomic mass is 16.2. The van der Waals surface area contributed by atoms with Crippen LogP contribution in [0.25, 0.3) is 0 Å². The van der Waals surface area contributed by atoms with Crippen LogP contribution in [0.15, 0.2) is 0 Å². The van der Waals surface area contributed by atoms with E-state index in [4.69, 9.17) is 0 Å². The van der Waals surface area contributed by atoms with Crippen LogP contribution in [0.4, 0.5) is 0 Å². The molecule has 0 bridgehead atoms. The second kappa shape index (κ2) is 5.95. The molecule has 1 saturated carbocycles. The third-order valence-electron chi connectivity index (χ3n) is 6.18. The van der Waals surface area contributed by atoms with E-state index in [1.807, 2.05) is 13.8 Å². The van der Waals surface area contributed by atoms with Gasteiger partial charge in [-0.05, 0) is 45.3 Å². The van der Waals surface area contributed by atoms with E-state index in [-0.39, 0.29) is 23.2 Å². The van der Waals surface area contributed by atoms with Crippen LogP contribution < -0.4 is 0 Å². The van der Waals surface area contributed by atoms with Crippen molar-refractivity contribution in [3.05, 3.63) is 0 Å². The molecule has 0 aromatic heterocycles. The molecular formula is C18H30N2O2. The van der Waals surface area contributed by atoms with Crippen LogP contribution in [0.1, 0.15) is 46.5 Å². The van der Waals surface area contributed by atoms with Crippen LogP contribution in [0.5, 0.6) is 0 Å². The molecule has 0 radical (unpaired) electrons. The summed E-state index contributed by atoms with van der Waals surface area (Å²) in [5.74, 6) is 1.34. The number of carbonyl (C=O) groups excluding carboxylic acids is 2. The summed E-state index contributed by atoms with van der Waals surface area (Å²) in [6.07, 6.45) is 4.06. The molecule has 2 atom stereocenters. The first-order valence-corrected chi connectivity index (χ1v) is 9.01. The van der Waals surface area contributed by atoms with Crippen molar-refractivity contribution in [1.82, 2.24) is 9.80 Å². The monoisotopic (exact) mass is 306 g/mol. The van der Waals surface area contributed by atoms with Gasteiger partial charge < -0.3 is 9.80 Å². The van der Waals surface area contributed by atoms with Crippen molar-refractivity contribution in [3.63, 3.8) is 0 Å². The van der Waals surface area contributed by atoms with Crippen molar-refractivity contribution in [3.8, 4) is 0 Å². The van der Waals surface area contributed by atoms with Gasteiger partial charge in [-0.1, -0.05) is 20.8 Å². The first-order valence-electron chi connectivity index (χ1n) is 9.01. The molecule has 2 saturated heterocycles. The number of piperidine rings is 1. The van der Waals surface area contributed by atoms with E-state index >= 15 is 0 Å². The van der Waals surface area contributed by atoms with Gasteiger partial charge in [0.1, 0.15) is 5.78 Å². The molecule has 3 fully saturated rings. The summed E-state index contributed by atoms with van der Waals surface area (Å²) in [6.45, 7) is 11.1. The van der Waals surface area contributed by atoms with Crippen LogP contribution in [-0.2, 0) is 9.59 Å². The highest BCUT2D eigenvalue weighted by Crippen LogP contribution is 2.59. The molecule has 2 unspecified atom stereocenters. The molecule has 4 nitrogen and oxygen atoms in total. The van der Waals surface area contributed by atoms with Crippen LogP contribution in [0, 0.1) is 23.2 Å². The van der Waals surface area contributed by atoms with E-state index < -0.39 is 0 Å². The minimum Gasteiger partial charge on any atom is -0.342 e. The van der Waals surface area contributed by atoms with Gasteiger partial charge in [-0.3, -0.25) is 9.59 Å². The number of ketones is 1. The molecule has 3 rings (SSSR count). The minimum absolute atomic E-state index is 0.132. The Bertz CT molecular complexity index is 454. The molecule has 3 aliphatic rings. The maximum atomic E-state index is 12.7. The third kappa shape index (κ3) is 2.82. The summed E-state index contributed by atoms with van der Waals surface area (Å²) >= 11 is 0.